The molecule has 3 aromatic rings. The first kappa shape index (κ1) is 17.3. The van der Waals surface area contributed by atoms with Gasteiger partial charge in [0.25, 0.3) is 0 Å². The molecule has 0 N–H and O–H groups in total. The lowest BCUT2D eigenvalue weighted by Crippen LogP contribution is -2.34. The smallest absolute Gasteiger partial charge is 0.219 e. The van der Waals surface area contributed by atoms with Crippen molar-refractivity contribution in [1.29, 1.82) is 0 Å². The number of fused-ring (bicyclic) bond motifs is 1. The van der Waals surface area contributed by atoms with E-state index in [1.807, 2.05) is 35.2 Å². The number of nitrogens with zero attached hydrogens (tertiary/aromatic N) is 1. The zero-order valence-electron chi connectivity index (χ0n) is 15.2. The summed E-state index contributed by atoms with van der Waals surface area (Å²) in [5, 5.41) is 0.520. The monoisotopic (exact) mass is 363 g/mol. The van der Waals surface area contributed by atoms with E-state index >= 15 is 0 Å². The highest BCUT2D eigenvalue weighted by atomic mass is 16.5. The molecule has 2 aromatic carbocycles. The summed E-state index contributed by atoms with van der Waals surface area (Å²) >= 11 is 0. The Morgan fingerprint density at radius 3 is 2.67 bits per heavy atom. The van der Waals surface area contributed by atoms with Crippen LogP contribution in [0.2, 0.25) is 0 Å². The molecule has 27 heavy (non-hydrogen) atoms. The summed E-state index contributed by atoms with van der Waals surface area (Å²) < 4.78 is 11.5. The fourth-order valence-electron chi connectivity index (χ4n) is 3.26. The Balaban J connectivity index is 1.51. The largest absolute Gasteiger partial charge is 0.492 e. The van der Waals surface area contributed by atoms with Gasteiger partial charge in [-0.3, -0.25) is 9.59 Å². The Labute approximate surface area is 157 Å². The van der Waals surface area contributed by atoms with Gasteiger partial charge in [0.1, 0.15) is 24.2 Å². The van der Waals surface area contributed by atoms with Crippen molar-refractivity contribution in [3.63, 3.8) is 0 Å². The van der Waals surface area contributed by atoms with Crippen molar-refractivity contribution in [3.8, 4) is 16.9 Å². The van der Waals surface area contributed by atoms with Crippen LogP contribution in [-0.2, 0) is 4.79 Å². The molecule has 0 aliphatic heterocycles. The highest BCUT2D eigenvalue weighted by Crippen LogP contribution is 2.27. The van der Waals surface area contributed by atoms with Gasteiger partial charge in [-0.25, -0.2) is 0 Å². The van der Waals surface area contributed by atoms with Crippen LogP contribution < -0.4 is 10.2 Å². The fraction of sp³-hybridized carbons (Fsp3) is 0.273. The molecule has 4 rings (SSSR count). The van der Waals surface area contributed by atoms with Gasteiger partial charge < -0.3 is 14.1 Å². The molecule has 1 aromatic heterocycles. The van der Waals surface area contributed by atoms with Crippen LogP contribution in [-0.4, -0.2) is 30.0 Å². The predicted octanol–water partition coefficient (Wildman–Crippen LogP) is 3.85. The van der Waals surface area contributed by atoms with Gasteiger partial charge in [0, 0.05) is 19.0 Å². The molecule has 1 amide bonds. The summed E-state index contributed by atoms with van der Waals surface area (Å²) in [6.45, 7) is 2.57. The molecule has 5 heteroatoms. The van der Waals surface area contributed by atoms with Crippen molar-refractivity contribution in [1.82, 2.24) is 4.90 Å². The van der Waals surface area contributed by atoms with E-state index in [1.54, 1.807) is 25.1 Å². The second kappa shape index (κ2) is 7.27. The van der Waals surface area contributed by atoms with E-state index in [2.05, 4.69) is 0 Å². The van der Waals surface area contributed by atoms with Crippen molar-refractivity contribution in [2.75, 3.05) is 13.2 Å². The van der Waals surface area contributed by atoms with Gasteiger partial charge >= 0.3 is 0 Å². The summed E-state index contributed by atoms with van der Waals surface area (Å²) in [6.07, 6.45) is 3.64. The minimum absolute atomic E-state index is 0.0644. The van der Waals surface area contributed by atoms with Crippen LogP contribution >= 0.6 is 0 Å². The Morgan fingerprint density at radius 2 is 1.96 bits per heavy atom. The zero-order chi connectivity index (χ0) is 18.8. The van der Waals surface area contributed by atoms with Gasteiger partial charge in [0.2, 0.25) is 5.91 Å². The highest BCUT2D eigenvalue weighted by Gasteiger charge is 2.30. The lowest BCUT2D eigenvalue weighted by molar-refractivity contribution is -0.129. The van der Waals surface area contributed by atoms with E-state index in [4.69, 9.17) is 9.15 Å². The number of carbonyl (C=O) groups excluding carboxylic acids is 1. The first-order valence-corrected chi connectivity index (χ1v) is 9.14. The molecule has 0 saturated heterocycles. The predicted molar refractivity (Wildman–Crippen MR) is 104 cm³/mol. The van der Waals surface area contributed by atoms with Crippen LogP contribution in [0, 0.1) is 0 Å². The van der Waals surface area contributed by atoms with Gasteiger partial charge in [-0.2, -0.15) is 0 Å². The summed E-state index contributed by atoms with van der Waals surface area (Å²) in [5.41, 5.74) is 1.80. The molecular weight excluding hydrogens is 342 g/mol. The number of ether oxygens (including phenoxy) is 1. The third kappa shape index (κ3) is 3.72. The maximum absolute atomic E-state index is 12.8. The topological polar surface area (TPSA) is 59.8 Å². The molecule has 0 unspecified atom stereocenters. The first-order chi connectivity index (χ1) is 13.1. The van der Waals surface area contributed by atoms with Crippen LogP contribution in [0.1, 0.15) is 19.8 Å². The van der Waals surface area contributed by atoms with Crippen LogP contribution in [0.25, 0.3) is 22.1 Å². The maximum Gasteiger partial charge on any atom is 0.219 e. The number of hydrogen-bond donors (Lipinski definition) is 0. The summed E-state index contributed by atoms with van der Waals surface area (Å²) in [5.74, 6) is 0.705. The maximum atomic E-state index is 12.8. The molecule has 1 aliphatic carbocycles. The van der Waals surface area contributed by atoms with Gasteiger partial charge in [-0.15, -0.1) is 0 Å². The van der Waals surface area contributed by atoms with Crippen molar-refractivity contribution in [2.45, 2.75) is 25.8 Å². The van der Waals surface area contributed by atoms with Crippen molar-refractivity contribution in [3.05, 3.63) is 65.0 Å². The molecule has 1 heterocycles. The zero-order valence-corrected chi connectivity index (χ0v) is 15.2. The highest BCUT2D eigenvalue weighted by molar-refractivity contribution is 5.82. The van der Waals surface area contributed by atoms with E-state index in [9.17, 15) is 9.59 Å². The van der Waals surface area contributed by atoms with E-state index < -0.39 is 0 Å². The van der Waals surface area contributed by atoms with E-state index in [-0.39, 0.29) is 11.3 Å². The lowest BCUT2D eigenvalue weighted by atomic mass is 10.1. The van der Waals surface area contributed by atoms with Gasteiger partial charge in [-0.05, 0) is 30.5 Å². The Hall–Kier alpha value is -3.08. The molecule has 5 nitrogen and oxygen atoms in total. The van der Waals surface area contributed by atoms with Gasteiger partial charge in [-0.1, -0.05) is 30.3 Å². The molecule has 0 bridgehead atoms. The number of carbonyl (C=O) groups is 1. The van der Waals surface area contributed by atoms with Crippen LogP contribution in [0.5, 0.6) is 5.75 Å². The van der Waals surface area contributed by atoms with Crippen LogP contribution in [0.4, 0.5) is 0 Å². The van der Waals surface area contributed by atoms with Crippen molar-refractivity contribution >= 4 is 16.9 Å². The van der Waals surface area contributed by atoms with Crippen molar-refractivity contribution in [2.24, 2.45) is 0 Å². The second-order valence-corrected chi connectivity index (χ2v) is 6.79. The third-order valence-electron chi connectivity index (χ3n) is 4.82. The van der Waals surface area contributed by atoms with Gasteiger partial charge in [0.05, 0.1) is 17.5 Å². The Morgan fingerprint density at radius 1 is 1.19 bits per heavy atom. The van der Waals surface area contributed by atoms with Crippen LogP contribution in [0.15, 0.2) is 64.0 Å². The molecule has 1 aliphatic rings. The normalized spacial score (nSPS) is 13.5. The molecule has 1 fully saturated rings. The number of benzene rings is 2. The Bertz CT molecular complexity index is 1020. The summed E-state index contributed by atoms with van der Waals surface area (Å²) in [4.78, 5) is 26.3. The quantitative estimate of drug-likeness (QED) is 0.667. The molecular formula is C22H21NO4. The Kier molecular flexibility index (Phi) is 4.67. The fourth-order valence-corrected chi connectivity index (χ4v) is 3.26. The minimum Gasteiger partial charge on any atom is -0.492 e. The molecule has 1 saturated carbocycles. The third-order valence-corrected chi connectivity index (χ3v) is 4.82. The lowest BCUT2D eigenvalue weighted by Gasteiger charge is -2.20. The molecule has 0 radical (unpaired) electrons. The molecule has 138 valence electrons. The minimum atomic E-state index is -0.0644. The average molecular weight is 363 g/mol. The second-order valence-electron chi connectivity index (χ2n) is 6.79. The van der Waals surface area contributed by atoms with Crippen LogP contribution in [0.3, 0.4) is 0 Å². The number of amides is 1. The van der Waals surface area contributed by atoms with Gasteiger partial charge in [0.15, 0.2) is 5.43 Å². The SMILES string of the molecule is CC(=O)N(CCOc1ccc2c(=O)c(-c3ccccc3)coc2c1)C1CC1. The number of hydrogen-bond acceptors (Lipinski definition) is 4. The molecule has 0 spiro atoms. The van der Waals surface area contributed by atoms with E-state index in [0.717, 1.165) is 18.4 Å². The van der Waals surface area contributed by atoms with Crippen molar-refractivity contribution < 1.29 is 13.9 Å². The summed E-state index contributed by atoms with van der Waals surface area (Å²) in [6, 6.07) is 15.1. The standard InChI is InChI=1S/C22H21NO4/c1-15(24)23(17-7-8-17)11-12-26-18-9-10-19-21(13-18)27-14-20(22(19)25)16-5-3-2-4-6-16/h2-6,9-10,13-14,17H,7-8,11-12H2,1H3. The van der Waals surface area contributed by atoms with E-state index in [0.29, 0.717) is 41.5 Å². The summed E-state index contributed by atoms with van der Waals surface area (Å²) in [7, 11) is 0. The first-order valence-electron chi connectivity index (χ1n) is 9.14. The number of rotatable bonds is 6. The molecule has 0 atom stereocenters. The average Bonchev–Trinajstić information content (AvgIpc) is 3.51. The van der Waals surface area contributed by atoms with E-state index in [1.165, 1.54) is 6.26 Å².